The number of Topliss-reactive ketones (excluding diaryl/α,β-unsaturated/α-hetero) is 1. The first kappa shape index (κ1) is 26.7. The quantitative estimate of drug-likeness (QED) is 0.406. The van der Waals surface area contributed by atoms with E-state index in [2.05, 4.69) is 17.3 Å². The minimum Gasteiger partial charge on any atom is -0.494 e. The maximum absolute atomic E-state index is 12.4. The van der Waals surface area contributed by atoms with Crippen molar-refractivity contribution in [1.82, 2.24) is 10.2 Å². The van der Waals surface area contributed by atoms with Crippen LogP contribution in [0.2, 0.25) is 0 Å². The summed E-state index contributed by atoms with van der Waals surface area (Å²) in [7, 11) is 2.13. The Balaban J connectivity index is 1.35. The molecule has 0 saturated carbocycles. The molecule has 3 rings (SSSR count). The van der Waals surface area contributed by atoms with Crippen molar-refractivity contribution in [2.24, 2.45) is 0 Å². The van der Waals surface area contributed by atoms with Crippen molar-refractivity contribution >= 4 is 11.7 Å². The number of carbonyl (C=O) groups is 2. The van der Waals surface area contributed by atoms with Gasteiger partial charge in [-0.2, -0.15) is 0 Å². The van der Waals surface area contributed by atoms with Gasteiger partial charge in [0.05, 0.1) is 6.61 Å². The van der Waals surface area contributed by atoms with E-state index in [1.54, 1.807) is 24.3 Å². The molecular formula is C28H38N2O5. The number of amides is 1. The number of benzene rings is 2. The van der Waals surface area contributed by atoms with Crippen molar-refractivity contribution in [3.05, 3.63) is 59.7 Å². The Labute approximate surface area is 208 Å². The van der Waals surface area contributed by atoms with Crippen molar-refractivity contribution in [3.8, 4) is 11.5 Å². The number of likely N-dealkylation sites (N-methyl/N-ethyl adjacent to an activating group) is 1. The predicted molar refractivity (Wildman–Crippen MR) is 136 cm³/mol. The Hall–Kier alpha value is -2.90. The lowest BCUT2D eigenvalue weighted by atomic mass is 10.1. The van der Waals surface area contributed by atoms with E-state index < -0.39 is 0 Å². The number of hydrogen-bond donors (Lipinski definition) is 1. The molecule has 7 nitrogen and oxygen atoms in total. The lowest BCUT2D eigenvalue weighted by Crippen LogP contribution is -2.38. The molecule has 0 bridgehead atoms. The molecule has 190 valence electrons. The van der Waals surface area contributed by atoms with Crippen LogP contribution < -0.4 is 14.8 Å². The fraction of sp³-hybridized carbons (Fsp3) is 0.500. The largest absolute Gasteiger partial charge is 0.494 e. The summed E-state index contributed by atoms with van der Waals surface area (Å²) in [6.07, 6.45) is 3.39. The summed E-state index contributed by atoms with van der Waals surface area (Å²) in [5.74, 6) is 1.34. The van der Waals surface area contributed by atoms with E-state index in [9.17, 15) is 9.59 Å². The number of ketones is 1. The highest BCUT2D eigenvalue weighted by Crippen LogP contribution is 2.16. The van der Waals surface area contributed by atoms with E-state index in [1.165, 1.54) is 0 Å². The zero-order valence-corrected chi connectivity index (χ0v) is 21.0. The van der Waals surface area contributed by atoms with Gasteiger partial charge in [-0.25, -0.2) is 0 Å². The van der Waals surface area contributed by atoms with E-state index in [0.29, 0.717) is 31.4 Å². The SMILES string of the molecule is CCCOc1ccc(C(=O)CCC(=O)NCc2cccc(OCCN(C)C3CCOCC3)c2)cc1. The van der Waals surface area contributed by atoms with E-state index >= 15 is 0 Å². The summed E-state index contributed by atoms with van der Waals surface area (Å²) in [6.45, 7) is 6.22. The summed E-state index contributed by atoms with van der Waals surface area (Å²) in [4.78, 5) is 27.0. The lowest BCUT2D eigenvalue weighted by molar-refractivity contribution is -0.121. The monoisotopic (exact) mass is 482 g/mol. The van der Waals surface area contributed by atoms with Gasteiger partial charge in [-0.3, -0.25) is 14.5 Å². The molecule has 35 heavy (non-hydrogen) atoms. The van der Waals surface area contributed by atoms with Crippen molar-refractivity contribution in [2.75, 3.05) is 40.0 Å². The number of nitrogens with zero attached hydrogens (tertiary/aromatic N) is 1. The Morgan fingerprint density at radius 3 is 2.49 bits per heavy atom. The summed E-state index contributed by atoms with van der Waals surface area (Å²) in [6, 6.07) is 15.4. The molecule has 1 aliphatic rings. The number of rotatable bonds is 14. The maximum Gasteiger partial charge on any atom is 0.220 e. The molecule has 0 atom stereocenters. The molecule has 1 aliphatic heterocycles. The van der Waals surface area contributed by atoms with Crippen LogP contribution in [0.15, 0.2) is 48.5 Å². The van der Waals surface area contributed by atoms with Gasteiger partial charge in [0.1, 0.15) is 18.1 Å². The molecule has 1 amide bonds. The molecule has 0 unspecified atom stereocenters. The van der Waals surface area contributed by atoms with E-state index in [-0.39, 0.29) is 24.5 Å². The minimum atomic E-state index is -0.148. The van der Waals surface area contributed by atoms with Crippen molar-refractivity contribution in [3.63, 3.8) is 0 Å². The normalized spacial score (nSPS) is 14.0. The van der Waals surface area contributed by atoms with Gasteiger partial charge in [0, 0.05) is 50.8 Å². The molecule has 1 N–H and O–H groups in total. The maximum atomic E-state index is 12.4. The predicted octanol–water partition coefficient (Wildman–Crippen LogP) is 4.24. The van der Waals surface area contributed by atoms with Crippen LogP contribution in [0.3, 0.4) is 0 Å². The number of ether oxygens (including phenoxy) is 3. The highest BCUT2D eigenvalue weighted by Gasteiger charge is 2.18. The molecule has 0 aromatic heterocycles. The van der Waals surface area contributed by atoms with Gasteiger partial charge < -0.3 is 19.5 Å². The summed E-state index contributed by atoms with van der Waals surface area (Å²) in [5, 5.41) is 2.90. The molecule has 0 aliphatic carbocycles. The molecule has 0 spiro atoms. The Bertz CT molecular complexity index is 925. The van der Waals surface area contributed by atoms with Crippen LogP contribution in [-0.2, 0) is 16.1 Å². The molecule has 1 fully saturated rings. The molecule has 2 aromatic rings. The van der Waals surface area contributed by atoms with Crippen molar-refractivity contribution < 1.29 is 23.8 Å². The van der Waals surface area contributed by atoms with Crippen LogP contribution in [0.25, 0.3) is 0 Å². The second kappa shape index (κ2) is 14.5. The third-order valence-corrected chi connectivity index (χ3v) is 6.14. The number of hydrogen-bond acceptors (Lipinski definition) is 6. The summed E-state index contributed by atoms with van der Waals surface area (Å²) in [5.41, 5.74) is 1.55. The van der Waals surface area contributed by atoms with Crippen LogP contribution in [0.5, 0.6) is 11.5 Å². The topological polar surface area (TPSA) is 77.1 Å². The second-order valence-corrected chi connectivity index (χ2v) is 8.89. The van der Waals surface area contributed by atoms with E-state index in [4.69, 9.17) is 14.2 Å². The van der Waals surface area contributed by atoms with Gasteiger partial charge in [-0.1, -0.05) is 19.1 Å². The van der Waals surface area contributed by atoms with Gasteiger partial charge >= 0.3 is 0 Å². The first-order chi connectivity index (χ1) is 17.0. The summed E-state index contributed by atoms with van der Waals surface area (Å²) < 4.78 is 16.9. The van der Waals surface area contributed by atoms with Crippen LogP contribution in [-0.4, -0.2) is 62.7 Å². The first-order valence-electron chi connectivity index (χ1n) is 12.6. The number of carbonyl (C=O) groups excluding carboxylic acids is 2. The van der Waals surface area contributed by atoms with Crippen LogP contribution in [0, 0.1) is 0 Å². The second-order valence-electron chi connectivity index (χ2n) is 8.89. The zero-order chi connectivity index (χ0) is 24.9. The average molecular weight is 483 g/mol. The van der Waals surface area contributed by atoms with Crippen molar-refractivity contribution in [2.45, 2.75) is 51.6 Å². The Morgan fingerprint density at radius 2 is 1.74 bits per heavy atom. The zero-order valence-electron chi connectivity index (χ0n) is 21.0. The third kappa shape index (κ3) is 9.34. The third-order valence-electron chi connectivity index (χ3n) is 6.14. The lowest BCUT2D eigenvalue weighted by Gasteiger charge is -2.31. The fourth-order valence-electron chi connectivity index (χ4n) is 3.98. The van der Waals surface area contributed by atoms with E-state index in [1.807, 2.05) is 31.2 Å². The Kier molecular flexibility index (Phi) is 11.1. The van der Waals surface area contributed by atoms with Crippen LogP contribution >= 0.6 is 0 Å². The molecule has 2 aromatic carbocycles. The minimum absolute atomic E-state index is 0.0525. The summed E-state index contributed by atoms with van der Waals surface area (Å²) >= 11 is 0. The molecule has 7 heteroatoms. The average Bonchev–Trinajstić information content (AvgIpc) is 2.90. The van der Waals surface area contributed by atoms with Gasteiger partial charge in [0.2, 0.25) is 5.91 Å². The van der Waals surface area contributed by atoms with Crippen molar-refractivity contribution in [1.29, 1.82) is 0 Å². The molecule has 1 saturated heterocycles. The van der Waals surface area contributed by atoms with Gasteiger partial charge in [0.25, 0.3) is 0 Å². The van der Waals surface area contributed by atoms with Crippen LogP contribution in [0.1, 0.15) is 54.9 Å². The molecular weight excluding hydrogens is 444 g/mol. The highest BCUT2D eigenvalue weighted by atomic mass is 16.5. The van der Waals surface area contributed by atoms with Crippen LogP contribution in [0.4, 0.5) is 0 Å². The Morgan fingerprint density at radius 1 is 1.00 bits per heavy atom. The highest BCUT2D eigenvalue weighted by molar-refractivity contribution is 5.98. The smallest absolute Gasteiger partial charge is 0.220 e. The van der Waals surface area contributed by atoms with Gasteiger partial charge in [-0.05, 0) is 68.3 Å². The van der Waals surface area contributed by atoms with Gasteiger partial charge in [0.15, 0.2) is 5.78 Å². The van der Waals surface area contributed by atoms with E-state index in [0.717, 1.165) is 56.1 Å². The molecule has 1 heterocycles. The fourth-order valence-corrected chi connectivity index (χ4v) is 3.98. The first-order valence-corrected chi connectivity index (χ1v) is 12.6. The number of nitrogens with one attached hydrogen (secondary N) is 1. The van der Waals surface area contributed by atoms with Gasteiger partial charge in [-0.15, -0.1) is 0 Å². The standard InChI is InChI=1S/C28H38N2O5/c1-3-16-34-25-9-7-23(8-10-25)27(31)11-12-28(32)29-21-22-5-4-6-26(20-22)35-19-15-30(2)24-13-17-33-18-14-24/h4-10,20,24H,3,11-19,21H2,1-2H3,(H,29,32). The molecule has 0 radical (unpaired) electrons.